The molecule has 0 amide bonds. The zero-order valence-corrected chi connectivity index (χ0v) is 16.2. The molecular formula is C24H25N3O. The van der Waals surface area contributed by atoms with E-state index in [0.29, 0.717) is 6.04 Å². The monoisotopic (exact) mass is 371 g/mol. The van der Waals surface area contributed by atoms with Crippen molar-refractivity contribution in [1.29, 1.82) is 5.26 Å². The van der Waals surface area contributed by atoms with Crippen molar-refractivity contribution >= 4 is 16.6 Å². The van der Waals surface area contributed by atoms with E-state index in [2.05, 4.69) is 52.5 Å². The number of aryl methyl sites for hydroxylation is 1. The van der Waals surface area contributed by atoms with Gasteiger partial charge < -0.3 is 15.0 Å². The van der Waals surface area contributed by atoms with E-state index in [9.17, 15) is 10.4 Å². The number of nitrogens with zero attached hydrogens (tertiary/aromatic N) is 2. The van der Waals surface area contributed by atoms with Crippen LogP contribution in [0.4, 0.5) is 5.69 Å². The standard InChI is InChI=1S/C24H25N3O/c1-15-10-24-21(11-16(15)13-25)22(14-27(24)17-7-8-18(28)12-17)19-4-2-6-23-20(19)5-3-9-26-23/h2,4,6,10-11,14,17-18,26,28H,3,5,7-9,12H2,1H3. The average molecular weight is 371 g/mol. The lowest BCUT2D eigenvalue weighted by Gasteiger charge is -2.21. The van der Waals surface area contributed by atoms with Crippen LogP contribution in [0.1, 0.15) is 48.4 Å². The Bertz CT molecular complexity index is 1110. The summed E-state index contributed by atoms with van der Waals surface area (Å²) in [5, 5.41) is 24.3. The molecule has 1 aliphatic heterocycles. The van der Waals surface area contributed by atoms with E-state index in [0.717, 1.165) is 55.2 Å². The maximum atomic E-state index is 10.1. The Balaban J connectivity index is 1.76. The van der Waals surface area contributed by atoms with Gasteiger partial charge in [0.2, 0.25) is 0 Å². The van der Waals surface area contributed by atoms with E-state index in [1.54, 1.807) is 0 Å². The van der Waals surface area contributed by atoms with Crippen LogP contribution in [0.3, 0.4) is 0 Å². The van der Waals surface area contributed by atoms with Crippen molar-refractivity contribution in [2.75, 3.05) is 11.9 Å². The molecule has 0 spiro atoms. The highest BCUT2D eigenvalue weighted by molar-refractivity contribution is 5.99. The number of nitriles is 1. The molecule has 2 atom stereocenters. The number of anilines is 1. The summed E-state index contributed by atoms with van der Waals surface area (Å²) in [4.78, 5) is 0. The minimum absolute atomic E-state index is 0.209. The van der Waals surface area contributed by atoms with Gasteiger partial charge in [0.1, 0.15) is 0 Å². The number of hydrogen-bond acceptors (Lipinski definition) is 3. The molecule has 0 radical (unpaired) electrons. The normalized spacial score (nSPS) is 21.3. The van der Waals surface area contributed by atoms with Gasteiger partial charge in [0.25, 0.3) is 0 Å². The lowest BCUT2D eigenvalue weighted by atomic mass is 9.92. The molecule has 1 aliphatic carbocycles. The molecule has 2 aromatic carbocycles. The molecular weight excluding hydrogens is 346 g/mol. The third-order valence-electron chi connectivity index (χ3n) is 6.46. The smallest absolute Gasteiger partial charge is 0.0994 e. The summed E-state index contributed by atoms with van der Waals surface area (Å²) in [5.74, 6) is 0. The first-order valence-corrected chi connectivity index (χ1v) is 10.2. The zero-order valence-electron chi connectivity index (χ0n) is 16.2. The van der Waals surface area contributed by atoms with Crippen LogP contribution in [0.15, 0.2) is 36.5 Å². The van der Waals surface area contributed by atoms with Crippen LogP contribution in [-0.2, 0) is 6.42 Å². The third-order valence-corrected chi connectivity index (χ3v) is 6.46. The predicted octanol–water partition coefficient (Wildman–Crippen LogP) is 4.93. The van der Waals surface area contributed by atoms with Gasteiger partial charge in [-0.15, -0.1) is 0 Å². The van der Waals surface area contributed by atoms with Crippen molar-refractivity contribution < 1.29 is 5.11 Å². The fourth-order valence-corrected chi connectivity index (χ4v) is 4.99. The molecule has 1 saturated carbocycles. The second-order valence-electron chi connectivity index (χ2n) is 8.23. The molecule has 2 heterocycles. The van der Waals surface area contributed by atoms with Crippen molar-refractivity contribution in [1.82, 2.24) is 4.57 Å². The molecule has 1 aromatic heterocycles. The van der Waals surface area contributed by atoms with Crippen molar-refractivity contribution in [3.63, 3.8) is 0 Å². The van der Waals surface area contributed by atoms with Crippen LogP contribution in [0, 0.1) is 18.3 Å². The Morgan fingerprint density at radius 3 is 2.89 bits per heavy atom. The van der Waals surface area contributed by atoms with Crippen LogP contribution in [0.5, 0.6) is 0 Å². The highest BCUT2D eigenvalue weighted by Crippen LogP contribution is 2.41. The molecule has 5 rings (SSSR count). The SMILES string of the molecule is Cc1cc2c(cc1C#N)c(-c1cccc3c1CCCN3)cn2C1CCC(O)C1. The van der Waals surface area contributed by atoms with Gasteiger partial charge in [-0.05, 0) is 73.9 Å². The molecule has 142 valence electrons. The van der Waals surface area contributed by atoms with Gasteiger partial charge in [-0.3, -0.25) is 0 Å². The summed E-state index contributed by atoms with van der Waals surface area (Å²) < 4.78 is 2.35. The maximum absolute atomic E-state index is 10.1. The van der Waals surface area contributed by atoms with Crippen LogP contribution >= 0.6 is 0 Å². The molecule has 4 heteroatoms. The summed E-state index contributed by atoms with van der Waals surface area (Å²) >= 11 is 0. The highest BCUT2D eigenvalue weighted by Gasteiger charge is 2.27. The number of rotatable bonds is 2. The Kier molecular flexibility index (Phi) is 4.14. The predicted molar refractivity (Wildman–Crippen MR) is 113 cm³/mol. The van der Waals surface area contributed by atoms with Gasteiger partial charge >= 0.3 is 0 Å². The fraction of sp³-hybridized carbons (Fsp3) is 0.375. The topological polar surface area (TPSA) is 61.0 Å². The Labute approximate surface area is 165 Å². The first-order valence-electron chi connectivity index (χ1n) is 10.2. The van der Waals surface area contributed by atoms with Gasteiger partial charge in [-0.1, -0.05) is 12.1 Å². The van der Waals surface area contributed by atoms with E-state index in [4.69, 9.17) is 0 Å². The number of nitrogens with one attached hydrogen (secondary N) is 1. The van der Waals surface area contributed by atoms with Gasteiger partial charge in [0.05, 0.1) is 17.7 Å². The lowest BCUT2D eigenvalue weighted by Crippen LogP contribution is -2.12. The van der Waals surface area contributed by atoms with Crippen LogP contribution in [0.25, 0.3) is 22.0 Å². The van der Waals surface area contributed by atoms with E-state index >= 15 is 0 Å². The van der Waals surface area contributed by atoms with E-state index in [-0.39, 0.29) is 6.10 Å². The number of aliphatic hydroxyl groups is 1. The van der Waals surface area contributed by atoms with E-state index in [1.165, 1.54) is 27.9 Å². The van der Waals surface area contributed by atoms with E-state index < -0.39 is 0 Å². The Hall–Kier alpha value is -2.77. The number of fused-ring (bicyclic) bond motifs is 2. The van der Waals surface area contributed by atoms with Gasteiger partial charge in [-0.25, -0.2) is 0 Å². The van der Waals surface area contributed by atoms with Crippen LogP contribution in [0.2, 0.25) is 0 Å². The minimum Gasteiger partial charge on any atom is -0.393 e. The molecule has 1 fully saturated rings. The van der Waals surface area contributed by atoms with Gasteiger partial charge in [0, 0.05) is 40.9 Å². The summed E-state index contributed by atoms with van der Waals surface area (Å²) in [6.07, 6.45) is 6.93. The van der Waals surface area contributed by atoms with Crippen LogP contribution in [-0.4, -0.2) is 22.3 Å². The van der Waals surface area contributed by atoms with Crippen molar-refractivity contribution in [3.05, 3.63) is 53.2 Å². The van der Waals surface area contributed by atoms with Gasteiger partial charge in [0.15, 0.2) is 0 Å². The maximum Gasteiger partial charge on any atom is 0.0994 e. The molecule has 2 unspecified atom stereocenters. The lowest BCUT2D eigenvalue weighted by molar-refractivity contribution is 0.178. The van der Waals surface area contributed by atoms with Crippen molar-refractivity contribution in [2.24, 2.45) is 0 Å². The second kappa shape index (κ2) is 6.68. The largest absolute Gasteiger partial charge is 0.393 e. The quantitative estimate of drug-likeness (QED) is 0.671. The minimum atomic E-state index is -0.209. The molecule has 3 aromatic rings. The molecule has 0 saturated heterocycles. The number of hydrogen-bond donors (Lipinski definition) is 2. The summed E-state index contributed by atoms with van der Waals surface area (Å²) in [6, 6.07) is 13.4. The first-order chi connectivity index (χ1) is 13.7. The molecule has 4 nitrogen and oxygen atoms in total. The Morgan fingerprint density at radius 1 is 1.21 bits per heavy atom. The molecule has 2 N–H and O–H groups in total. The van der Waals surface area contributed by atoms with Crippen molar-refractivity contribution in [2.45, 2.75) is 51.2 Å². The molecule has 28 heavy (non-hydrogen) atoms. The summed E-state index contributed by atoms with van der Waals surface area (Å²) in [6.45, 7) is 3.03. The second-order valence-corrected chi connectivity index (χ2v) is 8.23. The molecule has 2 aliphatic rings. The number of aromatic nitrogens is 1. The van der Waals surface area contributed by atoms with Crippen LogP contribution < -0.4 is 5.32 Å². The highest BCUT2D eigenvalue weighted by atomic mass is 16.3. The Morgan fingerprint density at radius 2 is 2.11 bits per heavy atom. The third kappa shape index (κ3) is 2.70. The molecule has 0 bridgehead atoms. The fourth-order valence-electron chi connectivity index (χ4n) is 4.99. The zero-order chi connectivity index (χ0) is 19.3. The average Bonchev–Trinajstić information content (AvgIpc) is 3.30. The summed E-state index contributed by atoms with van der Waals surface area (Å²) in [7, 11) is 0. The summed E-state index contributed by atoms with van der Waals surface area (Å²) in [5.41, 5.74) is 7.99. The van der Waals surface area contributed by atoms with Crippen molar-refractivity contribution in [3.8, 4) is 17.2 Å². The number of benzene rings is 2. The first kappa shape index (κ1) is 17.3. The number of aliphatic hydroxyl groups excluding tert-OH is 1. The van der Waals surface area contributed by atoms with Gasteiger partial charge in [-0.2, -0.15) is 5.26 Å². The van der Waals surface area contributed by atoms with E-state index in [1.807, 2.05) is 6.92 Å².